The van der Waals surface area contributed by atoms with Gasteiger partial charge < -0.3 is 9.64 Å². The van der Waals surface area contributed by atoms with Crippen LogP contribution in [0.5, 0.6) is 0 Å². The third-order valence-electron chi connectivity index (χ3n) is 4.43. The van der Waals surface area contributed by atoms with E-state index in [9.17, 15) is 0 Å². The first kappa shape index (κ1) is 14.1. The monoisotopic (exact) mass is 295 g/mol. The van der Waals surface area contributed by atoms with Crippen molar-refractivity contribution < 1.29 is 4.74 Å². The van der Waals surface area contributed by atoms with Crippen molar-refractivity contribution in [3.63, 3.8) is 0 Å². The summed E-state index contributed by atoms with van der Waals surface area (Å²) >= 11 is 6.28. The molecule has 0 bridgehead atoms. The molecule has 2 unspecified atom stereocenters. The van der Waals surface area contributed by atoms with Crippen molar-refractivity contribution in [3.8, 4) is 0 Å². The van der Waals surface area contributed by atoms with Gasteiger partial charge in [-0.2, -0.15) is 0 Å². The summed E-state index contributed by atoms with van der Waals surface area (Å²) in [5.74, 6) is 1.84. The smallest absolute Gasteiger partial charge is 0.137 e. The number of rotatable bonds is 2. The number of ether oxygens (including phenoxy) is 1. The van der Waals surface area contributed by atoms with Gasteiger partial charge >= 0.3 is 0 Å². The van der Waals surface area contributed by atoms with Gasteiger partial charge in [-0.3, -0.25) is 0 Å². The van der Waals surface area contributed by atoms with Gasteiger partial charge in [0.1, 0.15) is 16.8 Å². The second-order valence-electron chi connectivity index (χ2n) is 5.69. The fourth-order valence-corrected chi connectivity index (χ4v) is 3.50. The molecule has 110 valence electrons. The molecule has 20 heavy (non-hydrogen) atoms. The standard InChI is InChI=1S/C15H22ClN3O/c1-3-13-17-14(16)10(2)15(18-13)19-8-9-20-12-7-5-4-6-11(12)19/h11-12H,3-9H2,1-2H3. The number of fused-ring (bicyclic) bond motifs is 1. The van der Waals surface area contributed by atoms with E-state index in [0.29, 0.717) is 17.3 Å². The summed E-state index contributed by atoms with van der Waals surface area (Å²) in [4.78, 5) is 11.5. The Bertz CT molecular complexity index is 492. The molecule has 1 saturated carbocycles. The van der Waals surface area contributed by atoms with Gasteiger partial charge in [-0.25, -0.2) is 9.97 Å². The quantitative estimate of drug-likeness (QED) is 0.786. The highest BCUT2D eigenvalue weighted by atomic mass is 35.5. The molecule has 0 spiro atoms. The fourth-order valence-electron chi connectivity index (χ4n) is 3.32. The van der Waals surface area contributed by atoms with Crippen LogP contribution in [0.25, 0.3) is 0 Å². The normalized spacial score (nSPS) is 26.4. The highest BCUT2D eigenvalue weighted by molar-refractivity contribution is 6.30. The SMILES string of the molecule is CCc1nc(Cl)c(C)c(N2CCOC3CCCCC32)n1. The van der Waals surface area contributed by atoms with E-state index in [1.165, 1.54) is 25.7 Å². The average Bonchev–Trinajstić information content (AvgIpc) is 2.49. The van der Waals surface area contributed by atoms with Gasteiger partial charge in [0.05, 0.1) is 18.8 Å². The molecule has 0 aromatic carbocycles. The molecule has 1 aliphatic carbocycles. The Morgan fingerprint density at radius 3 is 2.90 bits per heavy atom. The van der Waals surface area contributed by atoms with E-state index in [4.69, 9.17) is 21.3 Å². The maximum absolute atomic E-state index is 6.28. The van der Waals surface area contributed by atoms with Gasteiger partial charge in [0.15, 0.2) is 0 Å². The Morgan fingerprint density at radius 2 is 2.10 bits per heavy atom. The fraction of sp³-hybridized carbons (Fsp3) is 0.733. The molecular formula is C15H22ClN3O. The van der Waals surface area contributed by atoms with Gasteiger partial charge in [-0.15, -0.1) is 0 Å². The maximum Gasteiger partial charge on any atom is 0.137 e. The maximum atomic E-state index is 6.28. The summed E-state index contributed by atoms with van der Waals surface area (Å²) in [6, 6.07) is 0.451. The molecule has 4 nitrogen and oxygen atoms in total. The van der Waals surface area contributed by atoms with E-state index >= 15 is 0 Å². The minimum Gasteiger partial charge on any atom is -0.374 e. The lowest BCUT2D eigenvalue weighted by atomic mass is 9.90. The summed E-state index contributed by atoms with van der Waals surface area (Å²) in [5, 5.41) is 0.589. The van der Waals surface area contributed by atoms with Crippen molar-refractivity contribution in [2.75, 3.05) is 18.1 Å². The molecule has 2 heterocycles. The van der Waals surface area contributed by atoms with Gasteiger partial charge in [0.25, 0.3) is 0 Å². The minimum absolute atomic E-state index is 0.357. The number of halogens is 1. The first-order chi connectivity index (χ1) is 9.70. The second kappa shape index (κ2) is 5.86. The van der Waals surface area contributed by atoms with Gasteiger partial charge in [-0.1, -0.05) is 31.4 Å². The van der Waals surface area contributed by atoms with Crippen LogP contribution in [-0.4, -0.2) is 35.3 Å². The van der Waals surface area contributed by atoms with Crippen LogP contribution in [0.2, 0.25) is 5.15 Å². The molecule has 1 aromatic heterocycles. The van der Waals surface area contributed by atoms with Gasteiger partial charge in [-0.05, 0) is 19.8 Å². The lowest BCUT2D eigenvalue weighted by molar-refractivity contribution is -0.00905. The molecule has 2 aliphatic rings. The molecule has 0 N–H and O–H groups in total. The second-order valence-corrected chi connectivity index (χ2v) is 6.05. The summed E-state index contributed by atoms with van der Waals surface area (Å²) in [6.45, 7) is 5.76. The van der Waals surface area contributed by atoms with Crippen LogP contribution in [0.3, 0.4) is 0 Å². The van der Waals surface area contributed by atoms with Crippen LogP contribution < -0.4 is 4.90 Å². The van der Waals surface area contributed by atoms with Crippen LogP contribution in [0.1, 0.15) is 44.0 Å². The number of aromatic nitrogens is 2. The van der Waals surface area contributed by atoms with Crippen LogP contribution in [-0.2, 0) is 11.2 Å². The van der Waals surface area contributed by atoms with Crippen molar-refractivity contribution in [3.05, 3.63) is 16.5 Å². The van der Waals surface area contributed by atoms with Crippen molar-refractivity contribution in [2.45, 2.75) is 58.1 Å². The molecular weight excluding hydrogens is 274 g/mol. The van der Waals surface area contributed by atoms with E-state index in [2.05, 4.69) is 16.8 Å². The third-order valence-corrected chi connectivity index (χ3v) is 4.80. The molecule has 3 rings (SSSR count). The number of anilines is 1. The first-order valence-corrected chi connectivity index (χ1v) is 7.99. The van der Waals surface area contributed by atoms with E-state index in [1.54, 1.807) is 0 Å². The Hall–Kier alpha value is -0.870. The van der Waals surface area contributed by atoms with Crippen LogP contribution in [0.15, 0.2) is 0 Å². The van der Waals surface area contributed by atoms with Crippen molar-refractivity contribution in [2.24, 2.45) is 0 Å². The zero-order valence-electron chi connectivity index (χ0n) is 12.2. The Labute approximate surface area is 125 Å². The summed E-state index contributed by atoms with van der Waals surface area (Å²) < 4.78 is 5.94. The first-order valence-electron chi connectivity index (χ1n) is 7.62. The third kappa shape index (κ3) is 2.51. The van der Waals surface area contributed by atoms with Crippen molar-refractivity contribution in [1.29, 1.82) is 0 Å². The number of hydrogen-bond donors (Lipinski definition) is 0. The van der Waals surface area contributed by atoms with E-state index < -0.39 is 0 Å². The molecule has 2 atom stereocenters. The van der Waals surface area contributed by atoms with Crippen LogP contribution in [0.4, 0.5) is 5.82 Å². The number of aryl methyl sites for hydroxylation is 1. The van der Waals surface area contributed by atoms with E-state index in [1.807, 2.05) is 6.92 Å². The molecule has 5 heteroatoms. The molecule has 0 radical (unpaired) electrons. The predicted octanol–water partition coefficient (Wildman–Crippen LogP) is 3.15. The molecule has 2 fully saturated rings. The van der Waals surface area contributed by atoms with Crippen LogP contribution in [0, 0.1) is 6.92 Å². The Morgan fingerprint density at radius 1 is 1.30 bits per heavy atom. The predicted molar refractivity (Wildman–Crippen MR) is 80.5 cm³/mol. The molecule has 1 aromatic rings. The summed E-state index contributed by atoms with van der Waals surface area (Å²) in [5.41, 5.74) is 0.995. The summed E-state index contributed by atoms with van der Waals surface area (Å²) in [6.07, 6.45) is 6.08. The zero-order valence-corrected chi connectivity index (χ0v) is 13.0. The van der Waals surface area contributed by atoms with Crippen molar-refractivity contribution in [1.82, 2.24) is 9.97 Å². The largest absolute Gasteiger partial charge is 0.374 e. The molecule has 1 saturated heterocycles. The average molecular weight is 296 g/mol. The topological polar surface area (TPSA) is 38.2 Å². The molecule has 0 amide bonds. The van der Waals surface area contributed by atoms with Crippen molar-refractivity contribution >= 4 is 17.4 Å². The highest BCUT2D eigenvalue weighted by Crippen LogP contribution is 2.33. The lowest BCUT2D eigenvalue weighted by Gasteiger charge is -2.45. The van der Waals surface area contributed by atoms with E-state index in [-0.39, 0.29) is 0 Å². The zero-order chi connectivity index (χ0) is 14.1. The van der Waals surface area contributed by atoms with Gasteiger partial charge in [0, 0.05) is 18.5 Å². The summed E-state index contributed by atoms with van der Waals surface area (Å²) in [7, 11) is 0. The minimum atomic E-state index is 0.357. The molecule has 1 aliphatic heterocycles. The highest BCUT2D eigenvalue weighted by Gasteiger charge is 2.35. The van der Waals surface area contributed by atoms with E-state index in [0.717, 1.165) is 36.8 Å². The van der Waals surface area contributed by atoms with Crippen LogP contribution >= 0.6 is 11.6 Å². The Kier molecular flexibility index (Phi) is 4.13. The lowest BCUT2D eigenvalue weighted by Crippen LogP contribution is -2.53. The Balaban J connectivity index is 1.96. The number of nitrogens with zero attached hydrogens (tertiary/aromatic N) is 3. The van der Waals surface area contributed by atoms with Gasteiger partial charge in [0.2, 0.25) is 0 Å². The number of hydrogen-bond acceptors (Lipinski definition) is 4. The number of morpholine rings is 1.